The standard InChI is InChI=1S/C10H10ClF2NO2/c1-14-4-7(15)5-3-6(11)9(13)10(16-2)8(5)12/h3,14H,4H2,1-2H3. The lowest BCUT2D eigenvalue weighted by Crippen LogP contribution is -2.20. The average molecular weight is 250 g/mol. The lowest BCUT2D eigenvalue weighted by atomic mass is 10.1. The van der Waals surface area contributed by atoms with Crippen molar-refractivity contribution in [2.75, 3.05) is 20.7 Å². The van der Waals surface area contributed by atoms with Gasteiger partial charge >= 0.3 is 0 Å². The number of ether oxygens (including phenoxy) is 1. The van der Waals surface area contributed by atoms with E-state index in [0.717, 1.165) is 13.2 Å². The second-order valence-electron chi connectivity index (χ2n) is 3.02. The monoisotopic (exact) mass is 249 g/mol. The Bertz CT molecular complexity index is 424. The molecule has 1 N–H and O–H groups in total. The number of hydrogen-bond acceptors (Lipinski definition) is 3. The number of hydrogen-bond donors (Lipinski definition) is 1. The second kappa shape index (κ2) is 5.23. The molecule has 0 heterocycles. The maximum absolute atomic E-state index is 13.6. The zero-order valence-corrected chi connectivity index (χ0v) is 9.49. The van der Waals surface area contributed by atoms with Gasteiger partial charge in [-0.05, 0) is 13.1 Å². The Labute approximate surface area is 96.4 Å². The molecule has 3 nitrogen and oxygen atoms in total. The molecule has 6 heteroatoms. The molecule has 1 aromatic rings. The van der Waals surface area contributed by atoms with E-state index in [9.17, 15) is 13.6 Å². The Kier molecular flexibility index (Phi) is 4.20. The lowest BCUT2D eigenvalue weighted by molar-refractivity contribution is 0.0989. The minimum Gasteiger partial charge on any atom is -0.491 e. The van der Waals surface area contributed by atoms with Crippen LogP contribution < -0.4 is 10.1 Å². The average Bonchev–Trinajstić information content (AvgIpc) is 2.24. The normalized spacial score (nSPS) is 10.3. The molecule has 0 radical (unpaired) electrons. The van der Waals surface area contributed by atoms with E-state index in [1.165, 1.54) is 7.05 Å². The highest BCUT2D eigenvalue weighted by Gasteiger charge is 2.21. The minimum atomic E-state index is -1.04. The number of rotatable bonds is 4. The summed E-state index contributed by atoms with van der Waals surface area (Å²) in [5.74, 6) is -3.22. The first-order chi connectivity index (χ1) is 7.52. The van der Waals surface area contributed by atoms with Gasteiger partial charge < -0.3 is 10.1 Å². The molecule has 88 valence electrons. The van der Waals surface area contributed by atoms with Crippen molar-refractivity contribution in [2.45, 2.75) is 0 Å². The maximum Gasteiger partial charge on any atom is 0.192 e. The number of halogens is 3. The van der Waals surface area contributed by atoms with Gasteiger partial charge in [0.25, 0.3) is 0 Å². The van der Waals surface area contributed by atoms with E-state index in [0.29, 0.717) is 0 Å². The van der Waals surface area contributed by atoms with Crippen LogP contribution in [0.2, 0.25) is 5.02 Å². The van der Waals surface area contributed by atoms with Gasteiger partial charge in [0.05, 0.1) is 24.2 Å². The summed E-state index contributed by atoms with van der Waals surface area (Å²) in [6, 6.07) is 0.953. The summed E-state index contributed by atoms with van der Waals surface area (Å²) >= 11 is 5.52. The minimum absolute atomic E-state index is 0.0674. The molecule has 0 aliphatic heterocycles. The number of benzene rings is 1. The smallest absolute Gasteiger partial charge is 0.192 e. The van der Waals surface area contributed by atoms with Crippen molar-refractivity contribution in [3.63, 3.8) is 0 Å². The number of likely N-dealkylation sites (N-methyl/N-ethyl adjacent to an activating group) is 1. The highest BCUT2D eigenvalue weighted by atomic mass is 35.5. The van der Waals surface area contributed by atoms with E-state index in [-0.39, 0.29) is 17.1 Å². The molecule has 0 atom stereocenters. The van der Waals surface area contributed by atoms with Crippen LogP contribution in [0.5, 0.6) is 5.75 Å². The van der Waals surface area contributed by atoms with E-state index in [4.69, 9.17) is 11.6 Å². The Hall–Kier alpha value is -1.20. The van der Waals surface area contributed by atoms with Crippen LogP contribution in [0.15, 0.2) is 6.07 Å². The fraction of sp³-hybridized carbons (Fsp3) is 0.300. The van der Waals surface area contributed by atoms with Gasteiger partial charge in [-0.1, -0.05) is 11.6 Å². The van der Waals surface area contributed by atoms with Gasteiger partial charge in [0, 0.05) is 0 Å². The van der Waals surface area contributed by atoms with Crippen molar-refractivity contribution in [1.29, 1.82) is 0 Å². The van der Waals surface area contributed by atoms with Gasteiger partial charge in [0.2, 0.25) is 0 Å². The number of ketones is 1. The summed E-state index contributed by atoms with van der Waals surface area (Å²) in [5, 5.41) is 2.22. The Balaban J connectivity index is 3.31. The molecule has 1 aromatic carbocycles. The van der Waals surface area contributed by atoms with Gasteiger partial charge in [0.1, 0.15) is 0 Å². The zero-order chi connectivity index (χ0) is 12.3. The van der Waals surface area contributed by atoms with Crippen molar-refractivity contribution in [3.05, 3.63) is 28.3 Å². The number of carbonyl (C=O) groups excluding carboxylic acids is 1. The molecule has 0 aliphatic rings. The second-order valence-corrected chi connectivity index (χ2v) is 3.43. The largest absolute Gasteiger partial charge is 0.491 e. The summed E-state index contributed by atoms with van der Waals surface area (Å²) in [6.07, 6.45) is 0. The van der Waals surface area contributed by atoms with E-state index in [1.807, 2.05) is 0 Å². The molecule has 1 rings (SSSR count). The molecule has 0 spiro atoms. The molecule has 0 saturated carbocycles. The molecular weight excluding hydrogens is 240 g/mol. The topological polar surface area (TPSA) is 38.3 Å². The zero-order valence-electron chi connectivity index (χ0n) is 8.73. The Morgan fingerprint density at radius 1 is 1.50 bits per heavy atom. The van der Waals surface area contributed by atoms with E-state index >= 15 is 0 Å². The quantitative estimate of drug-likeness (QED) is 0.655. The first-order valence-corrected chi connectivity index (χ1v) is 4.80. The van der Waals surface area contributed by atoms with Crippen LogP contribution in [0.25, 0.3) is 0 Å². The van der Waals surface area contributed by atoms with Crippen LogP contribution in [0, 0.1) is 11.6 Å². The summed E-state index contributed by atoms with van der Waals surface area (Å²) < 4.78 is 31.4. The molecule has 0 aliphatic carbocycles. The fourth-order valence-corrected chi connectivity index (χ4v) is 1.41. The van der Waals surface area contributed by atoms with Crippen LogP contribution in [0.3, 0.4) is 0 Å². The van der Waals surface area contributed by atoms with Gasteiger partial charge in [-0.2, -0.15) is 0 Å². The third-order valence-corrected chi connectivity index (χ3v) is 2.23. The van der Waals surface area contributed by atoms with Crippen molar-refractivity contribution in [3.8, 4) is 5.75 Å². The highest BCUT2D eigenvalue weighted by molar-refractivity contribution is 6.31. The van der Waals surface area contributed by atoms with Gasteiger partial charge in [-0.25, -0.2) is 8.78 Å². The fourth-order valence-electron chi connectivity index (χ4n) is 1.22. The van der Waals surface area contributed by atoms with Crippen molar-refractivity contribution < 1.29 is 18.3 Å². The molecule has 0 fully saturated rings. The predicted octanol–water partition coefficient (Wildman–Crippen LogP) is 2.03. The van der Waals surface area contributed by atoms with Crippen molar-refractivity contribution >= 4 is 17.4 Å². The van der Waals surface area contributed by atoms with Crippen molar-refractivity contribution in [2.24, 2.45) is 0 Å². The van der Waals surface area contributed by atoms with Gasteiger partial charge in [0.15, 0.2) is 23.2 Å². The molecule has 16 heavy (non-hydrogen) atoms. The SMILES string of the molecule is CNCC(=O)c1cc(Cl)c(F)c(OC)c1F. The van der Waals surface area contributed by atoms with E-state index in [1.54, 1.807) is 0 Å². The first kappa shape index (κ1) is 12.9. The Morgan fingerprint density at radius 3 is 2.62 bits per heavy atom. The third kappa shape index (κ3) is 2.31. The number of carbonyl (C=O) groups is 1. The van der Waals surface area contributed by atoms with Crippen molar-refractivity contribution in [1.82, 2.24) is 5.32 Å². The summed E-state index contributed by atoms with van der Waals surface area (Å²) in [5.41, 5.74) is -0.294. The van der Waals surface area contributed by atoms with E-state index in [2.05, 4.69) is 10.1 Å². The summed E-state index contributed by atoms with van der Waals surface area (Å²) in [6.45, 7) is -0.0674. The number of nitrogens with one attached hydrogen (secondary N) is 1. The lowest BCUT2D eigenvalue weighted by Gasteiger charge is -2.09. The summed E-state index contributed by atoms with van der Waals surface area (Å²) in [7, 11) is 2.64. The predicted molar refractivity (Wildman–Crippen MR) is 56.2 cm³/mol. The Morgan fingerprint density at radius 2 is 2.12 bits per heavy atom. The molecule has 0 amide bonds. The molecule has 0 bridgehead atoms. The van der Waals surface area contributed by atoms with Crippen LogP contribution in [0.4, 0.5) is 8.78 Å². The van der Waals surface area contributed by atoms with E-state index < -0.39 is 23.2 Å². The first-order valence-electron chi connectivity index (χ1n) is 4.42. The third-order valence-electron chi connectivity index (χ3n) is 1.96. The van der Waals surface area contributed by atoms with Crippen LogP contribution in [-0.2, 0) is 0 Å². The van der Waals surface area contributed by atoms with Gasteiger partial charge in [-0.15, -0.1) is 0 Å². The molecular formula is C10H10ClF2NO2. The van der Waals surface area contributed by atoms with Gasteiger partial charge in [-0.3, -0.25) is 4.79 Å². The number of methoxy groups -OCH3 is 1. The van der Waals surface area contributed by atoms with Crippen LogP contribution >= 0.6 is 11.6 Å². The maximum atomic E-state index is 13.6. The highest BCUT2D eigenvalue weighted by Crippen LogP contribution is 2.30. The molecule has 0 unspecified atom stereocenters. The number of Topliss-reactive ketones (excluding diaryl/α,β-unsaturated/α-hetero) is 1. The van der Waals surface area contributed by atoms with Crippen LogP contribution in [0.1, 0.15) is 10.4 Å². The van der Waals surface area contributed by atoms with Crippen LogP contribution in [-0.4, -0.2) is 26.5 Å². The summed E-state index contributed by atoms with van der Waals surface area (Å²) in [4.78, 5) is 11.5. The molecule has 0 aromatic heterocycles. The molecule has 0 saturated heterocycles.